The fraction of sp³-hybridized carbons (Fsp3) is 0.200. The number of carbonyl (C=O) groups excluding carboxylic acids is 3. The molecule has 0 atom stereocenters. The molecule has 0 radical (unpaired) electrons. The van der Waals surface area contributed by atoms with E-state index < -0.39 is 24.5 Å². The lowest BCUT2D eigenvalue weighted by Gasteiger charge is -2.16. The Kier molecular flexibility index (Phi) is 5.85. The number of fused-ring (bicyclic) bond motifs is 4. The van der Waals surface area contributed by atoms with Crippen LogP contribution in [-0.2, 0) is 27.1 Å². The number of hydrogen-bond donors (Lipinski definition) is 1. The summed E-state index contributed by atoms with van der Waals surface area (Å²) in [6.07, 6.45) is 2.70. The topological polar surface area (TPSA) is 108 Å². The molecular weight excluding hydrogens is 456 g/mol. The van der Waals surface area contributed by atoms with Crippen molar-refractivity contribution in [2.24, 2.45) is 0 Å². The van der Waals surface area contributed by atoms with Crippen LogP contribution in [0.3, 0.4) is 0 Å². The Bertz CT molecular complexity index is 1420. The fourth-order valence-electron chi connectivity index (χ4n) is 4.07. The zero-order valence-electron chi connectivity index (χ0n) is 18.3. The van der Waals surface area contributed by atoms with Crippen molar-refractivity contribution in [2.75, 3.05) is 18.5 Å². The summed E-state index contributed by atoms with van der Waals surface area (Å²) in [5, 5.41) is 3.13. The molecule has 0 bridgehead atoms. The zero-order valence-corrected chi connectivity index (χ0v) is 19.1. The molecule has 0 spiro atoms. The van der Waals surface area contributed by atoms with E-state index in [-0.39, 0.29) is 12.2 Å². The van der Waals surface area contributed by atoms with Gasteiger partial charge in [0.05, 0.1) is 17.7 Å². The molecule has 8 nitrogen and oxygen atoms in total. The molecule has 0 unspecified atom stereocenters. The molecule has 0 fully saturated rings. The SMILES string of the molecule is CCOC(=O)c1c(NC(=O)COC(=O)c2cccc3ocnc23)sc2c1CCc1ccccc1-2. The third-order valence-electron chi connectivity index (χ3n) is 5.56. The summed E-state index contributed by atoms with van der Waals surface area (Å²) < 4.78 is 15.7. The van der Waals surface area contributed by atoms with Gasteiger partial charge in [-0.3, -0.25) is 4.79 Å². The number of anilines is 1. The average molecular weight is 477 g/mol. The Morgan fingerprint density at radius 1 is 1.06 bits per heavy atom. The van der Waals surface area contributed by atoms with Gasteiger partial charge >= 0.3 is 11.9 Å². The first-order valence-corrected chi connectivity index (χ1v) is 11.6. The highest BCUT2D eigenvalue weighted by Crippen LogP contribution is 2.45. The van der Waals surface area contributed by atoms with Crippen LogP contribution in [0.5, 0.6) is 0 Å². The second-order valence-electron chi connectivity index (χ2n) is 7.62. The number of amides is 1. The molecule has 2 heterocycles. The van der Waals surface area contributed by atoms with Crippen LogP contribution in [-0.4, -0.2) is 36.0 Å². The van der Waals surface area contributed by atoms with E-state index in [0.717, 1.165) is 22.4 Å². The van der Waals surface area contributed by atoms with Gasteiger partial charge in [0.1, 0.15) is 10.5 Å². The summed E-state index contributed by atoms with van der Waals surface area (Å²) in [7, 11) is 0. The molecule has 1 N–H and O–H groups in total. The maximum Gasteiger partial charge on any atom is 0.341 e. The second-order valence-corrected chi connectivity index (χ2v) is 8.64. The van der Waals surface area contributed by atoms with Crippen molar-refractivity contribution in [2.45, 2.75) is 19.8 Å². The lowest BCUT2D eigenvalue weighted by molar-refractivity contribution is -0.119. The van der Waals surface area contributed by atoms with Gasteiger partial charge in [0.2, 0.25) is 0 Å². The summed E-state index contributed by atoms with van der Waals surface area (Å²) in [6, 6.07) is 12.9. The van der Waals surface area contributed by atoms with Gasteiger partial charge in [-0.15, -0.1) is 11.3 Å². The molecule has 5 rings (SSSR count). The number of nitrogens with zero attached hydrogens (tertiary/aromatic N) is 1. The van der Waals surface area contributed by atoms with Gasteiger partial charge in [-0.1, -0.05) is 30.3 Å². The third kappa shape index (κ3) is 3.94. The predicted molar refractivity (Wildman–Crippen MR) is 126 cm³/mol. The average Bonchev–Trinajstić information content (AvgIpc) is 3.47. The lowest BCUT2D eigenvalue weighted by Crippen LogP contribution is -2.22. The van der Waals surface area contributed by atoms with Gasteiger partial charge in [0.25, 0.3) is 5.91 Å². The molecule has 9 heteroatoms. The maximum absolute atomic E-state index is 12.8. The van der Waals surface area contributed by atoms with Crippen molar-refractivity contribution in [3.63, 3.8) is 0 Å². The van der Waals surface area contributed by atoms with Crippen LogP contribution in [0.4, 0.5) is 5.00 Å². The van der Waals surface area contributed by atoms with Crippen molar-refractivity contribution in [1.82, 2.24) is 4.98 Å². The van der Waals surface area contributed by atoms with Crippen molar-refractivity contribution in [3.8, 4) is 10.4 Å². The van der Waals surface area contributed by atoms with Crippen LogP contribution in [0.15, 0.2) is 53.3 Å². The number of rotatable bonds is 6. The summed E-state index contributed by atoms with van der Waals surface area (Å²) in [4.78, 5) is 42.9. The summed E-state index contributed by atoms with van der Waals surface area (Å²) >= 11 is 1.33. The van der Waals surface area contributed by atoms with Crippen molar-refractivity contribution in [3.05, 3.63) is 71.1 Å². The van der Waals surface area contributed by atoms with Gasteiger partial charge in [-0.05, 0) is 48.6 Å². The number of esters is 2. The first-order chi connectivity index (χ1) is 16.6. The van der Waals surface area contributed by atoms with Crippen LogP contribution in [0.25, 0.3) is 21.5 Å². The normalized spacial score (nSPS) is 12.0. The summed E-state index contributed by atoms with van der Waals surface area (Å²) in [5.74, 6) is -1.73. The number of hydrogen-bond acceptors (Lipinski definition) is 8. The smallest absolute Gasteiger partial charge is 0.341 e. The minimum Gasteiger partial charge on any atom is -0.462 e. The van der Waals surface area contributed by atoms with Crippen LogP contribution in [0, 0.1) is 0 Å². The monoisotopic (exact) mass is 476 g/mol. The largest absolute Gasteiger partial charge is 0.462 e. The van der Waals surface area contributed by atoms with Crippen LogP contribution < -0.4 is 5.32 Å². The Balaban J connectivity index is 1.37. The van der Waals surface area contributed by atoms with E-state index in [1.807, 2.05) is 18.2 Å². The molecule has 0 saturated heterocycles. The Morgan fingerprint density at radius 3 is 2.76 bits per heavy atom. The highest BCUT2D eigenvalue weighted by Gasteiger charge is 2.29. The summed E-state index contributed by atoms with van der Waals surface area (Å²) in [5.41, 5.74) is 4.49. The maximum atomic E-state index is 12.8. The van der Waals surface area contributed by atoms with Crippen LogP contribution >= 0.6 is 11.3 Å². The number of para-hydroxylation sites is 1. The molecule has 172 valence electrons. The van der Waals surface area contributed by atoms with E-state index in [0.29, 0.717) is 28.1 Å². The van der Waals surface area contributed by atoms with E-state index in [1.165, 1.54) is 23.3 Å². The van der Waals surface area contributed by atoms with Gasteiger partial charge in [0.15, 0.2) is 18.6 Å². The standard InChI is InChI=1S/C25H20N2O6S/c1-2-31-25(30)20-16-11-10-14-6-3-4-7-15(14)22(16)34-23(20)27-19(28)12-32-24(29)17-8-5-9-18-21(17)26-13-33-18/h3-9,13H,2,10-12H2,1H3,(H,27,28). The Labute approximate surface area is 198 Å². The predicted octanol–water partition coefficient (Wildman–Crippen LogP) is 4.63. The highest BCUT2D eigenvalue weighted by atomic mass is 32.1. The van der Waals surface area contributed by atoms with E-state index >= 15 is 0 Å². The number of oxazole rings is 1. The second kappa shape index (κ2) is 9.11. The zero-order chi connectivity index (χ0) is 23.7. The molecule has 0 aliphatic heterocycles. The summed E-state index contributed by atoms with van der Waals surface area (Å²) in [6.45, 7) is 1.44. The van der Waals surface area contributed by atoms with Gasteiger partial charge in [0, 0.05) is 4.88 Å². The quantitative estimate of drug-likeness (QED) is 0.404. The minimum absolute atomic E-state index is 0.203. The Hall–Kier alpha value is -3.98. The molecule has 2 aromatic heterocycles. The molecule has 1 aliphatic carbocycles. The molecular formula is C25H20N2O6S. The van der Waals surface area contributed by atoms with E-state index in [4.69, 9.17) is 13.9 Å². The number of carbonyl (C=O) groups is 3. The number of aromatic nitrogens is 1. The van der Waals surface area contributed by atoms with Gasteiger partial charge in [-0.25, -0.2) is 14.6 Å². The van der Waals surface area contributed by atoms with Crippen molar-refractivity contribution < 1.29 is 28.3 Å². The van der Waals surface area contributed by atoms with E-state index in [2.05, 4.69) is 16.4 Å². The van der Waals surface area contributed by atoms with Crippen LogP contribution in [0.1, 0.15) is 38.8 Å². The first-order valence-electron chi connectivity index (χ1n) is 10.8. The number of ether oxygens (including phenoxy) is 2. The fourth-order valence-corrected chi connectivity index (χ4v) is 5.38. The minimum atomic E-state index is -0.695. The third-order valence-corrected chi connectivity index (χ3v) is 6.74. The molecule has 0 saturated carbocycles. The van der Waals surface area contributed by atoms with Gasteiger partial charge < -0.3 is 19.2 Å². The van der Waals surface area contributed by atoms with Gasteiger partial charge in [-0.2, -0.15) is 0 Å². The lowest BCUT2D eigenvalue weighted by atomic mass is 9.89. The first kappa shape index (κ1) is 21.8. The number of thiophene rings is 1. The van der Waals surface area contributed by atoms with E-state index in [9.17, 15) is 14.4 Å². The number of aryl methyl sites for hydroxylation is 1. The highest BCUT2D eigenvalue weighted by molar-refractivity contribution is 7.20. The molecule has 4 aromatic rings. The molecule has 1 amide bonds. The van der Waals surface area contributed by atoms with Crippen molar-refractivity contribution in [1.29, 1.82) is 0 Å². The molecule has 1 aliphatic rings. The number of nitrogens with one attached hydrogen (secondary N) is 1. The molecule has 2 aromatic carbocycles. The van der Waals surface area contributed by atoms with Crippen molar-refractivity contribution >= 4 is 45.3 Å². The molecule has 34 heavy (non-hydrogen) atoms. The Morgan fingerprint density at radius 2 is 1.91 bits per heavy atom. The number of benzene rings is 2. The van der Waals surface area contributed by atoms with Crippen LogP contribution in [0.2, 0.25) is 0 Å². The van der Waals surface area contributed by atoms with E-state index in [1.54, 1.807) is 25.1 Å².